The Morgan fingerprint density at radius 3 is 2.84 bits per heavy atom. The van der Waals surface area contributed by atoms with E-state index in [0.29, 0.717) is 10.7 Å². The van der Waals surface area contributed by atoms with Gasteiger partial charge >= 0.3 is 0 Å². The maximum Gasteiger partial charge on any atom is 0.252 e. The number of rotatable bonds is 4. The summed E-state index contributed by atoms with van der Waals surface area (Å²) in [4.78, 5) is 32.6. The summed E-state index contributed by atoms with van der Waals surface area (Å²) < 4.78 is 0. The smallest absolute Gasteiger partial charge is 0.252 e. The second-order valence-electron chi connectivity index (χ2n) is 5.64. The Hall–Kier alpha value is -3.06. The van der Waals surface area contributed by atoms with Gasteiger partial charge in [0.15, 0.2) is 5.13 Å². The minimum absolute atomic E-state index is 0.136. The lowest BCUT2D eigenvalue weighted by Gasteiger charge is -2.10. The van der Waals surface area contributed by atoms with Crippen LogP contribution < -0.4 is 10.6 Å². The third kappa shape index (κ3) is 3.14. The quantitative estimate of drug-likeness (QED) is 0.757. The third-order valence-electron chi connectivity index (χ3n) is 4.00. The van der Waals surface area contributed by atoms with Gasteiger partial charge in [0.1, 0.15) is 0 Å². The van der Waals surface area contributed by atoms with Crippen LogP contribution in [0.2, 0.25) is 0 Å². The van der Waals surface area contributed by atoms with Crippen LogP contribution in [-0.4, -0.2) is 21.8 Å². The largest absolute Gasteiger partial charge is 0.345 e. The van der Waals surface area contributed by atoms with Gasteiger partial charge in [-0.1, -0.05) is 18.2 Å². The zero-order chi connectivity index (χ0) is 17.2. The van der Waals surface area contributed by atoms with Crippen LogP contribution in [0.25, 0.3) is 11.3 Å². The monoisotopic (exact) mass is 350 g/mol. The zero-order valence-corrected chi connectivity index (χ0v) is 13.9. The van der Waals surface area contributed by atoms with Crippen molar-refractivity contribution in [1.29, 1.82) is 0 Å². The van der Waals surface area contributed by atoms with Crippen molar-refractivity contribution in [2.24, 2.45) is 0 Å². The Labute approximate surface area is 148 Å². The molecule has 0 unspecified atom stereocenters. The van der Waals surface area contributed by atoms with Crippen LogP contribution in [0, 0.1) is 0 Å². The molecule has 0 saturated heterocycles. The van der Waals surface area contributed by atoms with Crippen molar-refractivity contribution in [3.8, 4) is 11.3 Å². The number of fused-ring (bicyclic) bond motifs is 1. The van der Waals surface area contributed by atoms with Gasteiger partial charge in [0.2, 0.25) is 5.91 Å². The normalized spacial score (nSPS) is 15.5. The van der Waals surface area contributed by atoms with Crippen molar-refractivity contribution in [3.05, 3.63) is 65.3 Å². The van der Waals surface area contributed by atoms with E-state index < -0.39 is 0 Å². The molecule has 2 aromatic heterocycles. The van der Waals surface area contributed by atoms with Crippen LogP contribution in [-0.2, 0) is 4.79 Å². The van der Waals surface area contributed by atoms with E-state index in [0.717, 1.165) is 16.8 Å². The zero-order valence-electron chi connectivity index (χ0n) is 13.1. The van der Waals surface area contributed by atoms with E-state index in [1.807, 2.05) is 35.7 Å². The first-order valence-corrected chi connectivity index (χ1v) is 8.64. The van der Waals surface area contributed by atoms with Crippen molar-refractivity contribution >= 4 is 28.3 Å². The molecule has 0 aliphatic carbocycles. The third-order valence-corrected chi connectivity index (χ3v) is 4.76. The molecule has 4 rings (SSSR count). The molecular formula is C18H14N4O2S. The summed E-state index contributed by atoms with van der Waals surface area (Å²) in [5.41, 5.74) is 3.24. The highest BCUT2D eigenvalue weighted by atomic mass is 32.1. The number of carbonyl (C=O) groups excluding carboxylic acids is 2. The van der Waals surface area contributed by atoms with Crippen LogP contribution in [0.4, 0.5) is 5.13 Å². The first kappa shape index (κ1) is 15.5. The summed E-state index contributed by atoms with van der Waals surface area (Å²) in [5.74, 6) is -0.319. The van der Waals surface area contributed by atoms with E-state index in [1.165, 1.54) is 11.3 Å². The number of benzene rings is 1. The van der Waals surface area contributed by atoms with Gasteiger partial charge in [-0.25, -0.2) is 4.98 Å². The number of amides is 2. The van der Waals surface area contributed by atoms with E-state index in [4.69, 9.17) is 0 Å². The molecular weight excluding hydrogens is 336 g/mol. The number of nitrogens with one attached hydrogen (secondary N) is 2. The average molecular weight is 350 g/mol. The molecule has 25 heavy (non-hydrogen) atoms. The van der Waals surface area contributed by atoms with Crippen molar-refractivity contribution in [1.82, 2.24) is 15.3 Å². The number of hydrogen-bond donors (Lipinski definition) is 2. The summed E-state index contributed by atoms with van der Waals surface area (Å²) in [5, 5.41) is 8.07. The predicted molar refractivity (Wildman–Crippen MR) is 95.2 cm³/mol. The average Bonchev–Trinajstić information content (AvgIpc) is 3.21. The van der Waals surface area contributed by atoms with Crippen LogP contribution in [0.5, 0.6) is 0 Å². The Morgan fingerprint density at radius 1 is 1.20 bits per heavy atom. The molecule has 0 saturated carbocycles. The number of hydrogen-bond acceptors (Lipinski definition) is 5. The van der Waals surface area contributed by atoms with Crippen molar-refractivity contribution in [3.63, 3.8) is 0 Å². The molecule has 0 spiro atoms. The lowest BCUT2D eigenvalue weighted by atomic mass is 10.0. The number of pyridine rings is 1. The molecule has 3 heterocycles. The maximum absolute atomic E-state index is 12.3. The molecule has 0 fully saturated rings. The van der Waals surface area contributed by atoms with E-state index >= 15 is 0 Å². The molecule has 0 bridgehead atoms. The molecule has 7 heteroatoms. The molecule has 1 aliphatic rings. The number of anilines is 1. The Kier molecular flexibility index (Phi) is 3.99. The van der Waals surface area contributed by atoms with Gasteiger partial charge in [0, 0.05) is 28.9 Å². The first-order valence-electron chi connectivity index (χ1n) is 7.76. The lowest BCUT2D eigenvalue weighted by molar-refractivity contribution is -0.116. The second-order valence-corrected chi connectivity index (χ2v) is 6.50. The molecule has 1 aliphatic heterocycles. The highest BCUT2D eigenvalue weighted by Crippen LogP contribution is 2.29. The molecule has 124 valence electrons. The lowest BCUT2D eigenvalue weighted by Crippen LogP contribution is -2.24. The molecule has 1 aromatic carbocycles. The Morgan fingerprint density at radius 2 is 2.00 bits per heavy atom. The molecule has 2 N–H and O–H groups in total. The summed E-state index contributed by atoms with van der Waals surface area (Å²) in [6, 6.07) is 10.8. The molecule has 2 amide bonds. The molecule has 6 nitrogen and oxygen atoms in total. The van der Waals surface area contributed by atoms with E-state index in [1.54, 1.807) is 18.5 Å². The SMILES string of the molecule is O=C(C[C@H]1NC(=O)c2ccccc21)Nc1nc(-c2ccncc2)cs1. The van der Waals surface area contributed by atoms with Crippen LogP contribution in [0.3, 0.4) is 0 Å². The number of aromatic nitrogens is 2. The van der Waals surface area contributed by atoms with Gasteiger partial charge in [-0.3, -0.25) is 14.6 Å². The topological polar surface area (TPSA) is 84.0 Å². The minimum atomic E-state index is -0.302. The van der Waals surface area contributed by atoms with Crippen molar-refractivity contribution < 1.29 is 9.59 Å². The summed E-state index contributed by atoms with van der Waals surface area (Å²) >= 11 is 1.37. The number of thiazole rings is 1. The van der Waals surface area contributed by atoms with Crippen LogP contribution in [0.15, 0.2) is 54.2 Å². The summed E-state index contributed by atoms with van der Waals surface area (Å²) in [6.07, 6.45) is 3.58. The fourth-order valence-corrected chi connectivity index (χ4v) is 3.56. The first-order chi connectivity index (χ1) is 12.2. The second kappa shape index (κ2) is 6.45. The predicted octanol–water partition coefficient (Wildman–Crippen LogP) is 3.02. The fraction of sp³-hybridized carbons (Fsp3) is 0.111. The standard InChI is InChI=1S/C18H14N4O2S/c23-16(9-14-12-3-1-2-4-13(12)17(24)20-14)22-18-21-15(10-25-18)11-5-7-19-8-6-11/h1-8,10,14H,9H2,(H,20,24)(H,21,22,23)/t14-/m1/s1. The highest BCUT2D eigenvalue weighted by Gasteiger charge is 2.29. The molecule has 1 atom stereocenters. The van der Waals surface area contributed by atoms with E-state index in [9.17, 15) is 9.59 Å². The summed E-state index contributed by atoms with van der Waals surface area (Å²) in [6.45, 7) is 0. The van der Waals surface area contributed by atoms with E-state index in [2.05, 4.69) is 20.6 Å². The molecule has 0 radical (unpaired) electrons. The highest BCUT2D eigenvalue weighted by molar-refractivity contribution is 7.14. The van der Waals surface area contributed by atoms with Gasteiger partial charge < -0.3 is 10.6 Å². The van der Waals surface area contributed by atoms with Crippen LogP contribution >= 0.6 is 11.3 Å². The van der Waals surface area contributed by atoms with E-state index in [-0.39, 0.29) is 24.3 Å². The number of carbonyl (C=O) groups is 2. The summed E-state index contributed by atoms with van der Waals surface area (Å²) in [7, 11) is 0. The Balaban J connectivity index is 1.44. The van der Waals surface area contributed by atoms with Crippen LogP contribution in [0.1, 0.15) is 28.4 Å². The van der Waals surface area contributed by atoms with Gasteiger partial charge in [0.25, 0.3) is 5.91 Å². The maximum atomic E-state index is 12.3. The number of nitrogens with zero attached hydrogens (tertiary/aromatic N) is 2. The van der Waals surface area contributed by atoms with Gasteiger partial charge in [-0.05, 0) is 23.8 Å². The molecule has 3 aromatic rings. The van der Waals surface area contributed by atoms with Crippen molar-refractivity contribution in [2.45, 2.75) is 12.5 Å². The Bertz CT molecular complexity index is 939. The van der Waals surface area contributed by atoms with Gasteiger partial charge in [0.05, 0.1) is 18.2 Å². The van der Waals surface area contributed by atoms with Gasteiger partial charge in [-0.15, -0.1) is 11.3 Å². The fourth-order valence-electron chi connectivity index (χ4n) is 2.82. The minimum Gasteiger partial charge on any atom is -0.345 e. The van der Waals surface area contributed by atoms with Crippen molar-refractivity contribution in [2.75, 3.05) is 5.32 Å². The van der Waals surface area contributed by atoms with Gasteiger partial charge in [-0.2, -0.15) is 0 Å².